The molecule has 3 rings (SSSR count). The van der Waals surface area contributed by atoms with Gasteiger partial charge in [-0.2, -0.15) is 20.4 Å². The fourth-order valence-electron chi connectivity index (χ4n) is 2.97. The van der Waals surface area contributed by atoms with Crippen LogP contribution in [0.25, 0.3) is 11.5 Å². The molecule has 2 aromatic heterocycles. The van der Waals surface area contributed by atoms with Gasteiger partial charge in [0.1, 0.15) is 0 Å². The summed E-state index contributed by atoms with van der Waals surface area (Å²) < 4.78 is 5.34. The summed E-state index contributed by atoms with van der Waals surface area (Å²) >= 11 is 0. The quantitative estimate of drug-likeness (QED) is 0.832. The molecular formula is C13H20N6O. The van der Waals surface area contributed by atoms with Crippen LogP contribution in [0.1, 0.15) is 38.5 Å². The zero-order chi connectivity index (χ0) is 13.8. The first-order valence-corrected chi connectivity index (χ1v) is 7.29. The van der Waals surface area contributed by atoms with Crippen molar-refractivity contribution in [2.45, 2.75) is 45.1 Å². The third kappa shape index (κ3) is 2.87. The molecule has 2 aromatic rings. The van der Waals surface area contributed by atoms with E-state index in [2.05, 4.69) is 37.8 Å². The Morgan fingerprint density at radius 2 is 2.30 bits per heavy atom. The van der Waals surface area contributed by atoms with Crippen molar-refractivity contribution in [2.24, 2.45) is 5.92 Å². The number of likely N-dealkylation sites (N-methyl/N-ethyl adjacent to an activating group) is 1. The van der Waals surface area contributed by atoms with Crippen LogP contribution in [-0.2, 0) is 6.42 Å². The van der Waals surface area contributed by atoms with Gasteiger partial charge in [-0.15, -0.1) is 0 Å². The molecule has 0 amide bonds. The molecule has 2 N–H and O–H groups in total. The van der Waals surface area contributed by atoms with Crippen LogP contribution in [0.2, 0.25) is 0 Å². The zero-order valence-electron chi connectivity index (χ0n) is 11.7. The lowest BCUT2D eigenvalue weighted by atomic mass is 9.95. The van der Waals surface area contributed by atoms with Crippen molar-refractivity contribution in [1.29, 1.82) is 0 Å². The van der Waals surface area contributed by atoms with Crippen molar-refractivity contribution in [3.8, 4) is 11.5 Å². The Morgan fingerprint density at radius 3 is 3.00 bits per heavy atom. The summed E-state index contributed by atoms with van der Waals surface area (Å²) in [5, 5.41) is 17.8. The maximum Gasteiger partial charge on any atom is 0.228 e. The van der Waals surface area contributed by atoms with Gasteiger partial charge in [0.25, 0.3) is 0 Å². The number of hydrogen-bond acceptors (Lipinski definition) is 6. The smallest absolute Gasteiger partial charge is 0.228 e. The van der Waals surface area contributed by atoms with Crippen LogP contribution in [-0.4, -0.2) is 38.1 Å². The van der Waals surface area contributed by atoms with Crippen molar-refractivity contribution in [1.82, 2.24) is 30.9 Å². The van der Waals surface area contributed by atoms with Crippen molar-refractivity contribution in [3.05, 3.63) is 12.1 Å². The predicted molar refractivity (Wildman–Crippen MR) is 72.8 cm³/mol. The van der Waals surface area contributed by atoms with Gasteiger partial charge >= 0.3 is 0 Å². The average molecular weight is 276 g/mol. The normalized spacial score (nSPS) is 17.6. The van der Waals surface area contributed by atoms with Crippen LogP contribution in [0.5, 0.6) is 0 Å². The van der Waals surface area contributed by atoms with Gasteiger partial charge in [-0.05, 0) is 25.3 Å². The number of hydrogen-bond donors (Lipinski definition) is 2. The summed E-state index contributed by atoms with van der Waals surface area (Å²) in [6, 6.07) is 0.424. The largest absolute Gasteiger partial charge is 0.339 e. The molecule has 7 nitrogen and oxygen atoms in total. The molecule has 1 atom stereocenters. The van der Waals surface area contributed by atoms with E-state index in [1.54, 1.807) is 6.20 Å². The number of rotatable bonds is 6. The topological polar surface area (TPSA) is 92.5 Å². The van der Waals surface area contributed by atoms with E-state index in [4.69, 9.17) is 4.52 Å². The lowest BCUT2D eigenvalue weighted by Crippen LogP contribution is -2.37. The molecule has 1 aliphatic carbocycles. The molecule has 1 aliphatic rings. The average Bonchev–Trinajstić information content (AvgIpc) is 3.20. The van der Waals surface area contributed by atoms with Gasteiger partial charge in [0.05, 0.1) is 6.20 Å². The molecule has 1 fully saturated rings. The highest BCUT2D eigenvalue weighted by Crippen LogP contribution is 2.29. The zero-order valence-corrected chi connectivity index (χ0v) is 11.7. The standard InChI is InChI=1S/C13H20N6O/c1-2-14-10(9-5-3-4-6-9)7-12-16-13(18-20-12)11-8-15-19-17-11/h8-10,14H,2-7H2,1H3,(H,15,17,19). The minimum Gasteiger partial charge on any atom is -0.339 e. The summed E-state index contributed by atoms with van der Waals surface area (Å²) in [6.45, 7) is 3.10. The summed E-state index contributed by atoms with van der Waals surface area (Å²) in [6.07, 6.45) is 7.63. The number of H-pyrrole nitrogens is 1. The summed E-state index contributed by atoms with van der Waals surface area (Å²) in [4.78, 5) is 4.41. The molecule has 108 valence electrons. The second kappa shape index (κ2) is 6.13. The van der Waals surface area contributed by atoms with Crippen LogP contribution in [0.15, 0.2) is 10.7 Å². The minimum atomic E-state index is 0.424. The Balaban J connectivity index is 1.68. The van der Waals surface area contributed by atoms with Crippen LogP contribution in [0, 0.1) is 5.92 Å². The van der Waals surface area contributed by atoms with Crippen molar-refractivity contribution >= 4 is 0 Å². The summed E-state index contributed by atoms with van der Waals surface area (Å²) in [5.74, 6) is 1.88. The molecule has 0 saturated heterocycles. The van der Waals surface area contributed by atoms with Crippen LogP contribution in [0.4, 0.5) is 0 Å². The van der Waals surface area contributed by atoms with Crippen molar-refractivity contribution in [2.75, 3.05) is 6.54 Å². The van der Waals surface area contributed by atoms with E-state index in [1.165, 1.54) is 25.7 Å². The van der Waals surface area contributed by atoms with Crippen LogP contribution < -0.4 is 5.32 Å². The maximum atomic E-state index is 5.34. The Labute approximate surface area is 117 Å². The van der Waals surface area contributed by atoms with Crippen molar-refractivity contribution in [3.63, 3.8) is 0 Å². The lowest BCUT2D eigenvalue weighted by molar-refractivity contribution is 0.311. The molecule has 0 bridgehead atoms. The van der Waals surface area contributed by atoms with Gasteiger partial charge in [0.15, 0.2) is 5.69 Å². The van der Waals surface area contributed by atoms with E-state index in [0.29, 0.717) is 23.5 Å². The molecule has 20 heavy (non-hydrogen) atoms. The molecule has 1 unspecified atom stereocenters. The highest BCUT2D eigenvalue weighted by molar-refractivity contribution is 5.44. The first-order valence-electron chi connectivity index (χ1n) is 7.29. The fraction of sp³-hybridized carbons (Fsp3) is 0.692. The van der Waals surface area contributed by atoms with E-state index in [-0.39, 0.29) is 0 Å². The fourth-order valence-corrected chi connectivity index (χ4v) is 2.97. The molecule has 0 aromatic carbocycles. The molecule has 7 heteroatoms. The summed E-state index contributed by atoms with van der Waals surface area (Å²) in [5.41, 5.74) is 0.612. The lowest BCUT2D eigenvalue weighted by Gasteiger charge is -2.22. The Kier molecular flexibility index (Phi) is 4.05. The Morgan fingerprint density at radius 1 is 1.45 bits per heavy atom. The van der Waals surface area contributed by atoms with Crippen molar-refractivity contribution < 1.29 is 4.52 Å². The van der Waals surface area contributed by atoms with E-state index in [9.17, 15) is 0 Å². The van der Waals surface area contributed by atoms with Crippen LogP contribution >= 0.6 is 0 Å². The highest BCUT2D eigenvalue weighted by atomic mass is 16.5. The number of nitrogens with zero attached hydrogens (tertiary/aromatic N) is 4. The highest BCUT2D eigenvalue weighted by Gasteiger charge is 2.26. The van der Waals surface area contributed by atoms with Gasteiger partial charge < -0.3 is 9.84 Å². The Hall–Kier alpha value is -1.76. The van der Waals surface area contributed by atoms with Gasteiger partial charge in [0.2, 0.25) is 11.7 Å². The van der Waals surface area contributed by atoms with E-state index >= 15 is 0 Å². The van der Waals surface area contributed by atoms with Gasteiger partial charge in [-0.25, -0.2) is 0 Å². The predicted octanol–water partition coefficient (Wildman–Crippen LogP) is 1.57. The molecule has 0 aliphatic heterocycles. The monoisotopic (exact) mass is 276 g/mol. The first kappa shape index (κ1) is 13.2. The van der Waals surface area contributed by atoms with Gasteiger partial charge in [0, 0.05) is 12.5 Å². The van der Waals surface area contributed by atoms with Gasteiger partial charge in [-0.1, -0.05) is 24.9 Å². The second-order valence-electron chi connectivity index (χ2n) is 5.28. The molecule has 0 radical (unpaired) electrons. The molecule has 0 spiro atoms. The molecular weight excluding hydrogens is 256 g/mol. The third-order valence-corrected chi connectivity index (χ3v) is 3.94. The van der Waals surface area contributed by atoms with Crippen LogP contribution in [0.3, 0.4) is 0 Å². The van der Waals surface area contributed by atoms with E-state index < -0.39 is 0 Å². The summed E-state index contributed by atoms with van der Waals surface area (Å²) in [7, 11) is 0. The number of aromatic amines is 1. The number of nitrogens with one attached hydrogen (secondary N) is 2. The molecule has 2 heterocycles. The van der Waals surface area contributed by atoms with Gasteiger partial charge in [-0.3, -0.25) is 0 Å². The SMILES string of the molecule is CCNC(Cc1nc(-c2cn[nH]n2)no1)C1CCCC1. The second-order valence-corrected chi connectivity index (χ2v) is 5.28. The van der Waals surface area contributed by atoms with E-state index in [0.717, 1.165) is 18.9 Å². The third-order valence-electron chi connectivity index (χ3n) is 3.94. The Bertz CT molecular complexity index is 517. The number of aromatic nitrogens is 5. The maximum absolute atomic E-state index is 5.34. The minimum absolute atomic E-state index is 0.424. The molecule has 1 saturated carbocycles. The van der Waals surface area contributed by atoms with E-state index in [1.807, 2.05) is 0 Å². The first-order chi connectivity index (χ1) is 9.86.